The second-order valence-corrected chi connectivity index (χ2v) is 5.01. The molecule has 0 spiro atoms. The van der Waals surface area contributed by atoms with Crippen LogP contribution in [-0.2, 0) is 4.79 Å². The van der Waals surface area contributed by atoms with Crippen molar-refractivity contribution in [3.63, 3.8) is 0 Å². The van der Waals surface area contributed by atoms with Gasteiger partial charge in [0.1, 0.15) is 0 Å². The van der Waals surface area contributed by atoms with Gasteiger partial charge in [0.15, 0.2) is 17.5 Å². The molecule has 3 nitrogen and oxygen atoms in total. The van der Waals surface area contributed by atoms with Crippen molar-refractivity contribution in [2.24, 2.45) is 11.1 Å². The number of nitrogens with one attached hydrogen (secondary N) is 1. The summed E-state index contributed by atoms with van der Waals surface area (Å²) in [6, 6.07) is 1.78. The van der Waals surface area contributed by atoms with E-state index >= 15 is 0 Å². The smallest absolute Gasteiger partial charge is 0.225 e. The van der Waals surface area contributed by atoms with Crippen LogP contribution in [0.15, 0.2) is 12.1 Å². The quantitative estimate of drug-likeness (QED) is 0.828. The Labute approximate surface area is 109 Å². The van der Waals surface area contributed by atoms with Crippen LogP contribution >= 0.6 is 0 Å². The van der Waals surface area contributed by atoms with Gasteiger partial charge in [-0.2, -0.15) is 0 Å². The zero-order valence-electron chi connectivity index (χ0n) is 10.3. The number of halogens is 3. The Hall–Kier alpha value is -1.56. The number of anilines is 1. The zero-order valence-corrected chi connectivity index (χ0v) is 10.3. The Morgan fingerprint density at radius 1 is 1.26 bits per heavy atom. The van der Waals surface area contributed by atoms with Gasteiger partial charge in [-0.25, -0.2) is 13.2 Å². The third-order valence-corrected chi connectivity index (χ3v) is 3.69. The molecule has 0 unspecified atom stereocenters. The minimum Gasteiger partial charge on any atom is -0.330 e. The lowest BCUT2D eigenvalue weighted by Crippen LogP contribution is -2.40. The van der Waals surface area contributed by atoms with Crippen LogP contribution < -0.4 is 11.1 Å². The molecule has 1 aliphatic carbocycles. The zero-order chi connectivity index (χ0) is 14.0. The first-order valence-corrected chi connectivity index (χ1v) is 6.11. The molecule has 19 heavy (non-hydrogen) atoms. The van der Waals surface area contributed by atoms with E-state index in [-0.39, 0.29) is 17.5 Å². The molecule has 1 aliphatic rings. The van der Waals surface area contributed by atoms with Crippen LogP contribution in [0.1, 0.15) is 25.7 Å². The summed E-state index contributed by atoms with van der Waals surface area (Å²) >= 11 is 0. The van der Waals surface area contributed by atoms with Gasteiger partial charge in [-0.3, -0.25) is 4.79 Å². The van der Waals surface area contributed by atoms with Crippen molar-refractivity contribution in [3.05, 3.63) is 29.6 Å². The summed E-state index contributed by atoms with van der Waals surface area (Å²) in [5.41, 5.74) is 5.05. The van der Waals surface area contributed by atoms with Crippen molar-refractivity contribution in [2.75, 3.05) is 11.9 Å². The third kappa shape index (κ3) is 2.73. The molecular formula is C13H15F3N2O. The Kier molecular flexibility index (Phi) is 3.80. The Balaban J connectivity index is 2.05. The van der Waals surface area contributed by atoms with Crippen molar-refractivity contribution in [1.82, 2.24) is 0 Å². The molecule has 0 heterocycles. The lowest BCUT2D eigenvalue weighted by atomic mass is 9.66. The summed E-state index contributed by atoms with van der Waals surface area (Å²) in [7, 11) is 0. The lowest BCUT2D eigenvalue weighted by molar-refractivity contribution is -0.119. The fourth-order valence-corrected chi connectivity index (χ4v) is 2.29. The van der Waals surface area contributed by atoms with Crippen molar-refractivity contribution in [1.29, 1.82) is 0 Å². The summed E-state index contributed by atoms with van der Waals surface area (Å²) < 4.78 is 39.1. The highest BCUT2D eigenvalue weighted by atomic mass is 19.2. The minimum atomic E-state index is -1.59. The standard InChI is InChI=1S/C13H15F3N2O/c14-8-2-3-9(12(16)11(8)15)18-10(19)6-13(7-17)4-1-5-13/h2-3H,1,4-7,17H2,(H,18,19). The fraction of sp³-hybridized carbons (Fsp3) is 0.462. The van der Waals surface area contributed by atoms with Crippen LogP contribution in [0.3, 0.4) is 0 Å². The number of carbonyl (C=O) groups excluding carboxylic acids is 1. The molecule has 0 saturated heterocycles. The van der Waals surface area contributed by atoms with E-state index in [0.29, 0.717) is 6.54 Å². The van der Waals surface area contributed by atoms with Gasteiger partial charge in [0.25, 0.3) is 0 Å². The molecule has 1 aromatic carbocycles. The molecule has 0 aromatic heterocycles. The van der Waals surface area contributed by atoms with Gasteiger partial charge in [0, 0.05) is 6.42 Å². The molecule has 1 saturated carbocycles. The van der Waals surface area contributed by atoms with Crippen LogP contribution in [0, 0.1) is 22.9 Å². The highest BCUT2D eigenvalue weighted by Crippen LogP contribution is 2.43. The molecule has 3 N–H and O–H groups in total. The maximum absolute atomic E-state index is 13.4. The van der Waals surface area contributed by atoms with E-state index < -0.39 is 23.4 Å². The second kappa shape index (κ2) is 5.21. The molecule has 1 fully saturated rings. The highest BCUT2D eigenvalue weighted by molar-refractivity contribution is 5.91. The van der Waals surface area contributed by atoms with Gasteiger partial charge in [0.05, 0.1) is 5.69 Å². The van der Waals surface area contributed by atoms with Gasteiger partial charge < -0.3 is 11.1 Å². The number of hydrogen-bond donors (Lipinski definition) is 2. The maximum Gasteiger partial charge on any atom is 0.225 e. The molecule has 0 bridgehead atoms. The van der Waals surface area contributed by atoms with Gasteiger partial charge in [-0.15, -0.1) is 0 Å². The Morgan fingerprint density at radius 2 is 1.95 bits per heavy atom. The van der Waals surface area contributed by atoms with Crippen molar-refractivity contribution < 1.29 is 18.0 Å². The normalized spacial score (nSPS) is 16.8. The summed E-state index contributed by atoms with van der Waals surface area (Å²) in [4.78, 5) is 11.8. The average Bonchev–Trinajstić information content (AvgIpc) is 2.35. The van der Waals surface area contributed by atoms with Crippen LogP contribution in [0.2, 0.25) is 0 Å². The maximum atomic E-state index is 13.4. The first kappa shape index (κ1) is 13.9. The average molecular weight is 272 g/mol. The van der Waals surface area contributed by atoms with Gasteiger partial charge in [-0.05, 0) is 36.9 Å². The van der Waals surface area contributed by atoms with Crippen LogP contribution in [0.25, 0.3) is 0 Å². The monoisotopic (exact) mass is 272 g/mol. The van der Waals surface area contributed by atoms with Gasteiger partial charge in [0.2, 0.25) is 5.91 Å². The van der Waals surface area contributed by atoms with Crippen LogP contribution in [0.5, 0.6) is 0 Å². The predicted molar refractivity (Wildman–Crippen MR) is 64.9 cm³/mol. The number of rotatable bonds is 4. The summed E-state index contributed by atoms with van der Waals surface area (Å²) in [6.07, 6.45) is 2.90. The Bertz CT molecular complexity index is 495. The van der Waals surface area contributed by atoms with Crippen molar-refractivity contribution in [3.8, 4) is 0 Å². The molecule has 104 valence electrons. The molecule has 1 amide bonds. The first-order chi connectivity index (χ1) is 8.97. The van der Waals surface area contributed by atoms with Crippen molar-refractivity contribution in [2.45, 2.75) is 25.7 Å². The number of benzene rings is 1. The Morgan fingerprint density at radius 3 is 2.47 bits per heavy atom. The fourth-order valence-electron chi connectivity index (χ4n) is 2.29. The van der Waals surface area contributed by atoms with E-state index in [4.69, 9.17) is 5.73 Å². The van der Waals surface area contributed by atoms with E-state index in [1.165, 1.54) is 0 Å². The first-order valence-electron chi connectivity index (χ1n) is 6.11. The van der Waals surface area contributed by atoms with E-state index in [0.717, 1.165) is 31.4 Å². The number of amides is 1. The summed E-state index contributed by atoms with van der Waals surface area (Å²) in [5.74, 6) is -4.69. The van der Waals surface area contributed by atoms with E-state index in [9.17, 15) is 18.0 Å². The highest BCUT2D eigenvalue weighted by Gasteiger charge is 2.37. The van der Waals surface area contributed by atoms with Crippen molar-refractivity contribution >= 4 is 11.6 Å². The molecular weight excluding hydrogens is 257 g/mol. The molecule has 0 aliphatic heterocycles. The van der Waals surface area contributed by atoms with E-state index in [1.807, 2.05) is 0 Å². The topological polar surface area (TPSA) is 55.1 Å². The van der Waals surface area contributed by atoms with E-state index in [2.05, 4.69) is 5.32 Å². The molecule has 2 rings (SSSR count). The van der Waals surface area contributed by atoms with Gasteiger partial charge in [-0.1, -0.05) is 6.42 Å². The molecule has 6 heteroatoms. The summed E-state index contributed by atoms with van der Waals surface area (Å²) in [5, 5.41) is 2.26. The number of hydrogen-bond acceptors (Lipinski definition) is 2. The number of carbonyl (C=O) groups is 1. The van der Waals surface area contributed by atoms with E-state index in [1.54, 1.807) is 0 Å². The van der Waals surface area contributed by atoms with Gasteiger partial charge >= 0.3 is 0 Å². The largest absolute Gasteiger partial charge is 0.330 e. The number of nitrogens with two attached hydrogens (primary N) is 1. The minimum absolute atomic E-state index is 0.169. The molecule has 1 aromatic rings. The lowest BCUT2D eigenvalue weighted by Gasteiger charge is -2.40. The molecule has 0 atom stereocenters. The third-order valence-electron chi connectivity index (χ3n) is 3.69. The SMILES string of the molecule is NCC1(CC(=O)Nc2ccc(F)c(F)c2F)CCC1. The predicted octanol–water partition coefficient (Wildman–Crippen LogP) is 2.56. The van der Waals surface area contributed by atoms with Crippen LogP contribution in [-0.4, -0.2) is 12.5 Å². The second-order valence-electron chi connectivity index (χ2n) is 5.01. The van der Waals surface area contributed by atoms with Crippen LogP contribution in [0.4, 0.5) is 18.9 Å². The molecule has 0 radical (unpaired) electrons. The summed E-state index contributed by atoms with van der Waals surface area (Å²) in [6.45, 7) is 0.390.